The maximum atomic E-state index is 12.4. The first-order valence-electron chi connectivity index (χ1n) is 6.23. The van der Waals surface area contributed by atoms with Crippen LogP contribution in [0.4, 0.5) is 5.13 Å². The third-order valence-electron chi connectivity index (χ3n) is 2.74. The molecule has 0 radical (unpaired) electrons. The number of hydrogen-bond donors (Lipinski definition) is 2. The first kappa shape index (κ1) is 15.7. The Hall–Kier alpha value is -1.64. The Kier molecular flexibility index (Phi) is 4.81. The third kappa shape index (κ3) is 3.72. The molecule has 1 aromatic carbocycles. The van der Waals surface area contributed by atoms with Crippen molar-refractivity contribution in [3.63, 3.8) is 0 Å². The number of rotatable bonds is 6. The van der Waals surface area contributed by atoms with E-state index < -0.39 is 10.0 Å². The summed E-state index contributed by atoms with van der Waals surface area (Å²) in [4.78, 5) is 5.04. The number of aryl methyl sites for hydroxylation is 1. The molecule has 0 aliphatic rings. The highest BCUT2D eigenvalue weighted by Crippen LogP contribution is 2.28. The summed E-state index contributed by atoms with van der Waals surface area (Å²) in [6, 6.07) is 4.99. The van der Waals surface area contributed by atoms with Gasteiger partial charge in [0.25, 0.3) is 10.0 Å². The summed E-state index contributed by atoms with van der Waals surface area (Å²) in [6.45, 7) is 2.50. The van der Waals surface area contributed by atoms with Crippen molar-refractivity contribution < 1.29 is 13.2 Å². The van der Waals surface area contributed by atoms with Crippen LogP contribution in [-0.2, 0) is 16.6 Å². The second-order valence-corrected chi connectivity index (χ2v) is 7.28. The molecule has 2 aromatic rings. The summed E-state index contributed by atoms with van der Waals surface area (Å²) in [7, 11) is -0.450. The summed E-state index contributed by atoms with van der Waals surface area (Å²) >= 11 is 1.28. The highest BCUT2D eigenvalue weighted by Gasteiger charge is 2.21. The number of anilines is 1. The number of nitrogens with one attached hydrogen (secondary N) is 2. The molecule has 0 unspecified atom stereocenters. The van der Waals surface area contributed by atoms with Crippen LogP contribution in [0.15, 0.2) is 29.3 Å². The summed E-state index contributed by atoms with van der Waals surface area (Å²) in [5.74, 6) is 0.309. The number of benzene rings is 1. The van der Waals surface area contributed by atoms with Gasteiger partial charge in [-0.25, -0.2) is 13.4 Å². The lowest BCUT2D eigenvalue weighted by atomic mass is 10.2. The normalized spacial score (nSPS) is 11.4. The molecule has 0 saturated carbocycles. The van der Waals surface area contributed by atoms with E-state index in [-0.39, 0.29) is 4.90 Å². The van der Waals surface area contributed by atoms with Crippen LogP contribution in [0.3, 0.4) is 0 Å². The molecule has 2 rings (SSSR count). The van der Waals surface area contributed by atoms with Crippen molar-refractivity contribution >= 4 is 26.5 Å². The molecule has 114 valence electrons. The first-order valence-corrected chi connectivity index (χ1v) is 8.53. The lowest BCUT2D eigenvalue weighted by Gasteiger charge is -2.11. The highest BCUT2D eigenvalue weighted by atomic mass is 32.2. The lowest BCUT2D eigenvalue weighted by Crippen LogP contribution is -2.14. The van der Waals surface area contributed by atoms with Gasteiger partial charge in [-0.2, -0.15) is 0 Å². The molecule has 1 heterocycles. The summed E-state index contributed by atoms with van der Waals surface area (Å²) in [5, 5.41) is 3.35. The minimum atomic E-state index is -3.72. The van der Waals surface area contributed by atoms with Crippen LogP contribution in [-0.4, -0.2) is 27.6 Å². The smallest absolute Gasteiger partial charge is 0.267 e. The van der Waals surface area contributed by atoms with Gasteiger partial charge in [0.05, 0.1) is 7.11 Å². The maximum Gasteiger partial charge on any atom is 0.267 e. The molecule has 0 aliphatic carbocycles. The van der Waals surface area contributed by atoms with E-state index in [0.717, 1.165) is 10.4 Å². The Labute approximate surface area is 128 Å². The van der Waals surface area contributed by atoms with Gasteiger partial charge in [-0.3, -0.25) is 4.72 Å². The number of sulfonamides is 1. The molecule has 1 aromatic heterocycles. The fraction of sp³-hybridized carbons (Fsp3) is 0.308. The predicted molar refractivity (Wildman–Crippen MR) is 83.4 cm³/mol. The van der Waals surface area contributed by atoms with Crippen LogP contribution in [0.5, 0.6) is 5.75 Å². The van der Waals surface area contributed by atoms with Crippen LogP contribution in [0.25, 0.3) is 0 Å². The molecule has 6 nitrogen and oxygen atoms in total. The fourth-order valence-electron chi connectivity index (χ4n) is 1.82. The van der Waals surface area contributed by atoms with Crippen molar-refractivity contribution in [2.45, 2.75) is 18.4 Å². The van der Waals surface area contributed by atoms with Gasteiger partial charge in [-0.05, 0) is 31.7 Å². The number of nitrogens with zero attached hydrogens (tertiary/aromatic N) is 1. The molecular weight excluding hydrogens is 310 g/mol. The lowest BCUT2D eigenvalue weighted by molar-refractivity contribution is 0.402. The SMILES string of the molecule is CNCc1ccc(S(=O)(=O)Nc2ncc(C)s2)c(OC)c1. The number of ether oxygens (including phenoxy) is 1. The van der Waals surface area contributed by atoms with Gasteiger partial charge in [0.15, 0.2) is 5.13 Å². The van der Waals surface area contributed by atoms with E-state index in [9.17, 15) is 8.42 Å². The van der Waals surface area contributed by atoms with E-state index >= 15 is 0 Å². The predicted octanol–water partition coefficient (Wildman–Crippen LogP) is 1.98. The Balaban J connectivity index is 2.34. The average Bonchev–Trinajstić information content (AvgIpc) is 2.83. The molecule has 21 heavy (non-hydrogen) atoms. The Morgan fingerprint density at radius 3 is 2.71 bits per heavy atom. The molecule has 0 amide bonds. The van der Waals surface area contributed by atoms with E-state index in [1.165, 1.54) is 24.5 Å². The standard InChI is InChI=1S/C13H17N3O3S2/c1-9-7-15-13(20-9)16-21(17,18)12-5-4-10(8-14-2)6-11(12)19-3/h4-7,14H,8H2,1-3H3,(H,15,16). The topological polar surface area (TPSA) is 80.3 Å². The molecule has 0 aliphatic heterocycles. The average molecular weight is 327 g/mol. The largest absolute Gasteiger partial charge is 0.495 e. The van der Waals surface area contributed by atoms with Crippen molar-refractivity contribution in [2.75, 3.05) is 18.9 Å². The zero-order valence-electron chi connectivity index (χ0n) is 12.0. The van der Waals surface area contributed by atoms with Gasteiger partial charge < -0.3 is 10.1 Å². The molecule has 0 spiro atoms. The maximum absolute atomic E-state index is 12.4. The van der Waals surface area contributed by atoms with E-state index in [1.807, 2.05) is 14.0 Å². The minimum absolute atomic E-state index is 0.0951. The number of aromatic nitrogens is 1. The molecule has 0 saturated heterocycles. The molecular formula is C13H17N3O3S2. The van der Waals surface area contributed by atoms with Crippen molar-refractivity contribution in [1.82, 2.24) is 10.3 Å². The Bertz CT molecular complexity index is 726. The van der Waals surface area contributed by atoms with E-state index in [0.29, 0.717) is 17.4 Å². The highest BCUT2D eigenvalue weighted by molar-refractivity contribution is 7.93. The van der Waals surface area contributed by atoms with Gasteiger partial charge >= 0.3 is 0 Å². The van der Waals surface area contributed by atoms with E-state index in [4.69, 9.17) is 4.74 Å². The van der Waals surface area contributed by atoms with Crippen LogP contribution >= 0.6 is 11.3 Å². The number of thiazole rings is 1. The zero-order chi connectivity index (χ0) is 15.5. The van der Waals surface area contributed by atoms with Crippen molar-refractivity contribution in [2.24, 2.45) is 0 Å². The first-order chi connectivity index (χ1) is 9.96. The summed E-state index contributed by atoms with van der Waals surface area (Å²) in [6.07, 6.45) is 1.62. The van der Waals surface area contributed by atoms with Crippen LogP contribution in [0.1, 0.15) is 10.4 Å². The van der Waals surface area contributed by atoms with Crippen LogP contribution in [0, 0.1) is 6.92 Å². The second-order valence-electron chi connectivity index (χ2n) is 4.40. The quantitative estimate of drug-likeness (QED) is 0.848. The van der Waals surface area contributed by atoms with Crippen molar-refractivity contribution in [1.29, 1.82) is 0 Å². The summed E-state index contributed by atoms with van der Waals surface area (Å²) < 4.78 is 32.5. The molecule has 8 heteroatoms. The monoisotopic (exact) mass is 327 g/mol. The molecule has 0 atom stereocenters. The van der Waals surface area contributed by atoms with Gasteiger partial charge in [-0.15, -0.1) is 11.3 Å². The summed E-state index contributed by atoms with van der Waals surface area (Å²) in [5.41, 5.74) is 0.943. The molecule has 0 fully saturated rings. The fourth-order valence-corrected chi connectivity index (χ4v) is 3.88. The van der Waals surface area contributed by atoms with Crippen LogP contribution in [0.2, 0.25) is 0 Å². The number of methoxy groups -OCH3 is 1. The van der Waals surface area contributed by atoms with Gasteiger partial charge in [0.1, 0.15) is 10.6 Å². The van der Waals surface area contributed by atoms with Crippen molar-refractivity contribution in [3.05, 3.63) is 34.8 Å². The van der Waals surface area contributed by atoms with Gasteiger partial charge in [0.2, 0.25) is 0 Å². The molecule has 2 N–H and O–H groups in total. The molecule has 0 bridgehead atoms. The van der Waals surface area contributed by atoms with E-state index in [2.05, 4.69) is 15.0 Å². The Morgan fingerprint density at radius 2 is 2.14 bits per heavy atom. The van der Waals surface area contributed by atoms with Crippen LogP contribution < -0.4 is 14.8 Å². The second kappa shape index (κ2) is 6.42. The van der Waals surface area contributed by atoms with Gasteiger partial charge in [0, 0.05) is 17.6 Å². The van der Waals surface area contributed by atoms with Gasteiger partial charge in [-0.1, -0.05) is 6.07 Å². The third-order valence-corrected chi connectivity index (χ3v) is 5.08. The van der Waals surface area contributed by atoms with E-state index in [1.54, 1.807) is 18.3 Å². The Morgan fingerprint density at radius 1 is 1.38 bits per heavy atom. The zero-order valence-corrected chi connectivity index (χ0v) is 13.6. The minimum Gasteiger partial charge on any atom is -0.495 e. The van der Waals surface area contributed by atoms with Crippen molar-refractivity contribution in [3.8, 4) is 5.75 Å². The number of hydrogen-bond acceptors (Lipinski definition) is 6.